The van der Waals surface area contributed by atoms with Gasteiger partial charge in [-0.15, -0.1) is 11.8 Å². The first kappa shape index (κ1) is 33.4. The van der Waals surface area contributed by atoms with Gasteiger partial charge >= 0.3 is 11.9 Å². The summed E-state index contributed by atoms with van der Waals surface area (Å²) in [4.78, 5) is 52.8. The van der Waals surface area contributed by atoms with Gasteiger partial charge in [-0.3, -0.25) is 9.59 Å². The Hall–Kier alpha value is -3.46. The molecule has 2 aliphatic rings. The predicted molar refractivity (Wildman–Crippen MR) is 164 cm³/mol. The highest BCUT2D eigenvalue weighted by molar-refractivity contribution is 8.01. The molecule has 2 aliphatic heterocycles. The molecule has 0 spiro atoms. The van der Waals surface area contributed by atoms with E-state index in [-0.39, 0.29) is 10.5 Å². The maximum absolute atomic E-state index is 13.1. The van der Waals surface area contributed by atoms with E-state index >= 15 is 0 Å². The van der Waals surface area contributed by atoms with Crippen LogP contribution in [-0.4, -0.2) is 83.5 Å². The maximum atomic E-state index is 13.1. The van der Waals surface area contributed by atoms with Gasteiger partial charge in [0.15, 0.2) is 0 Å². The number of amides is 2. The van der Waals surface area contributed by atoms with Gasteiger partial charge in [-0.05, 0) is 56.5 Å². The number of nitrogens with zero attached hydrogens (tertiary/aromatic N) is 2. The lowest BCUT2D eigenvalue weighted by molar-refractivity contribution is -0.169. The van der Waals surface area contributed by atoms with E-state index in [0.29, 0.717) is 31.5 Å². The van der Waals surface area contributed by atoms with Crippen molar-refractivity contribution in [3.8, 4) is 0 Å². The van der Waals surface area contributed by atoms with Gasteiger partial charge in [0.05, 0.1) is 10.5 Å². The van der Waals surface area contributed by atoms with E-state index < -0.39 is 68.8 Å². The standard InChI is InChI=1S/C30H38N4O8S2/c1-5-16-33(17-6-2)44(39,40)21-14-12-20(13-15-21)28(37)41-18-42-29(38)24-30(3,4)43-27-23(26(36)34(24)27)32-25(35)22(31)19-10-8-7-9-11-19/h7-15,22-24,27H,5-6,16-18,31H2,1-4H3,(H,32,35)/t22?,23-,24+,27-/m1/s1. The van der Waals surface area contributed by atoms with Gasteiger partial charge in [-0.1, -0.05) is 44.2 Å². The Labute approximate surface area is 261 Å². The average molecular weight is 647 g/mol. The number of rotatable bonds is 13. The van der Waals surface area contributed by atoms with E-state index in [0.717, 1.165) is 0 Å². The van der Waals surface area contributed by atoms with Crippen LogP contribution in [-0.2, 0) is 33.9 Å². The molecule has 2 fully saturated rings. The van der Waals surface area contributed by atoms with Gasteiger partial charge < -0.3 is 25.4 Å². The summed E-state index contributed by atoms with van der Waals surface area (Å²) in [7, 11) is -3.70. The molecule has 4 atom stereocenters. The summed E-state index contributed by atoms with van der Waals surface area (Å²) >= 11 is 1.35. The third kappa shape index (κ3) is 6.77. The highest BCUT2D eigenvalue weighted by Gasteiger charge is 2.64. The number of benzene rings is 2. The van der Waals surface area contributed by atoms with Crippen molar-refractivity contribution >= 4 is 45.5 Å². The molecule has 2 aromatic carbocycles. The fourth-order valence-corrected chi connectivity index (χ4v) is 8.49. The van der Waals surface area contributed by atoms with Crippen LogP contribution in [0.25, 0.3) is 0 Å². The second-order valence-corrected chi connectivity index (χ2v) is 14.8. The molecule has 0 radical (unpaired) electrons. The minimum absolute atomic E-state index is 0.0636. The van der Waals surface area contributed by atoms with Crippen molar-refractivity contribution in [2.45, 2.75) is 73.7 Å². The number of carbonyl (C=O) groups excluding carboxylic acids is 4. The van der Waals surface area contributed by atoms with Crippen LogP contribution in [0.4, 0.5) is 0 Å². The lowest BCUT2D eigenvalue weighted by Crippen LogP contribution is -2.71. The Morgan fingerprint density at radius 3 is 2.23 bits per heavy atom. The summed E-state index contributed by atoms with van der Waals surface area (Å²) in [6, 6.07) is 11.4. The first-order chi connectivity index (χ1) is 20.8. The zero-order chi connectivity index (χ0) is 32.2. The molecule has 0 aliphatic carbocycles. The summed E-state index contributed by atoms with van der Waals surface area (Å²) in [5.41, 5.74) is 6.76. The van der Waals surface area contributed by atoms with E-state index in [1.54, 1.807) is 44.2 Å². The number of carbonyl (C=O) groups is 4. The van der Waals surface area contributed by atoms with Crippen LogP contribution in [0.3, 0.4) is 0 Å². The topological polar surface area (TPSA) is 165 Å². The Morgan fingerprint density at radius 2 is 1.64 bits per heavy atom. The van der Waals surface area contributed by atoms with Crippen LogP contribution >= 0.6 is 11.8 Å². The van der Waals surface area contributed by atoms with Crippen LogP contribution in [0.2, 0.25) is 0 Å². The van der Waals surface area contributed by atoms with Crippen molar-refractivity contribution in [2.75, 3.05) is 19.9 Å². The average Bonchev–Trinajstić information content (AvgIpc) is 3.27. The zero-order valence-corrected chi connectivity index (χ0v) is 26.7. The summed E-state index contributed by atoms with van der Waals surface area (Å²) in [5, 5.41) is 2.21. The molecule has 1 unspecified atom stereocenters. The second-order valence-electron chi connectivity index (χ2n) is 11.1. The minimum Gasteiger partial charge on any atom is -0.426 e. The van der Waals surface area contributed by atoms with Crippen LogP contribution < -0.4 is 11.1 Å². The van der Waals surface area contributed by atoms with Crippen LogP contribution in [0.15, 0.2) is 59.5 Å². The van der Waals surface area contributed by atoms with Gasteiger partial charge in [0.2, 0.25) is 28.6 Å². The van der Waals surface area contributed by atoms with Gasteiger partial charge in [-0.2, -0.15) is 4.31 Å². The Bertz CT molecular complexity index is 1480. The van der Waals surface area contributed by atoms with E-state index in [4.69, 9.17) is 15.2 Å². The van der Waals surface area contributed by atoms with Crippen molar-refractivity contribution in [2.24, 2.45) is 5.73 Å². The number of sulfonamides is 1. The number of fused-ring (bicyclic) bond motifs is 1. The highest BCUT2D eigenvalue weighted by atomic mass is 32.2. The number of thioether (sulfide) groups is 1. The third-order valence-corrected chi connectivity index (χ3v) is 11.0. The molecule has 12 nitrogen and oxygen atoms in total. The number of ether oxygens (including phenoxy) is 2. The zero-order valence-electron chi connectivity index (χ0n) is 25.1. The monoisotopic (exact) mass is 646 g/mol. The number of esters is 2. The molecule has 0 bridgehead atoms. The number of hydrogen-bond acceptors (Lipinski definition) is 10. The molecule has 2 heterocycles. The largest absolute Gasteiger partial charge is 0.426 e. The summed E-state index contributed by atoms with van der Waals surface area (Å²) in [5.74, 6) is -2.51. The third-order valence-electron chi connectivity index (χ3n) is 7.47. The maximum Gasteiger partial charge on any atom is 0.341 e. The molecule has 2 saturated heterocycles. The fourth-order valence-electron chi connectivity index (χ4n) is 5.25. The fraction of sp³-hybridized carbons (Fsp3) is 0.467. The molecule has 2 aromatic rings. The molecular weight excluding hydrogens is 608 g/mol. The van der Waals surface area contributed by atoms with Crippen molar-refractivity contribution in [3.05, 3.63) is 65.7 Å². The SMILES string of the molecule is CCCN(CCC)S(=O)(=O)c1ccc(C(=O)OCOC(=O)[C@@H]2N3C(=O)[C@@H](NC(=O)C(N)c4ccccc4)[C@H]3SC2(C)C)cc1. The number of hydrogen-bond donors (Lipinski definition) is 2. The lowest BCUT2D eigenvalue weighted by atomic mass is 9.95. The summed E-state index contributed by atoms with van der Waals surface area (Å²) < 4.78 is 36.9. The number of β-lactam (4-membered cyclic amide) rings is 1. The molecule has 238 valence electrons. The molecule has 4 rings (SSSR count). The van der Waals surface area contributed by atoms with E-state index in [1.807, 2.05) is 13.8 Å². The number of nitrogens with two attached hydrogens (primary N) is 1. The first-order valence-electron chi connectivity index (χ1n) is 14.4. The Morgan fingerprint density at radius 1 is 1.02 bits per heavy atom. The Balaban J connectivity index is 1.31. The summed E-state index contributed by atoms with van der Waals surface area (Å²) in [6.07, 6.45) is 1.35. The quantitative estimate of drug-likeness (QED) is 0.188. The van der Waals surface area contributed by atoms with E-state index in [1.165, 1.54) is 45.2 Å². The Kier molecular flexibility index (Phi) is 10.4. The second kappa shape index (κ2) is 13.7. The van der Waals surface area contributed by atoms with E-state index in [2.05, 4.69) is 5.32 Å². The normalized spacial score (nSPS) is 21.3. The van der Waals surface area contributed by atoms with Crippen LogP contribution in [0.1, 0.15) is 62.5 Å². The van der Waals surface area contributed by atoms with E-state index in [9.17, 15) is 27.6 Å². The molecule has 2 amide bonds. The molecule has 0 saturated carbocycles. The predicted octanol–water partition coefficient (Wildman–Crippen LogP) is 2.40. The van der Waals surface area contributed by atoms with Gasteiger partial charge in [0.1, 0.15) is 23.5 Å². The summed E-state index contributed by atoms with van der Waals surface area (Å²) in [6.45, 7) is 7.45. The molecule has 14 heteroatoms. The van der Waals surface area contributed by atoms with Crippen molar-refractivity contribution in [1.82, 2.24) is 14.5 Å². The molecule has 3 N–H and O–H groups in total. The van der Waals surface area contributed by atoms with Crippen molar-refractivity contribution < 1.29 is 37.1 Å². The van der Waals surface area contributed by atoms with Gasteiger partial charge in [0, 0.05) is 17.8 Å². The molecule has 0 aromatic heterocycles. The first-order valence-corrected chi connectivity index (χ1v) is 16.7. The minimum atomic E-state index is -3.70. The molecular formula is C30H38N4O8S2. The van der Waals surface area contributed by atoms with Crippen molar-refractivity contribution in [1.29, 1.82) is 0 Å². The lowest BCUT2D eigenvalue weighted by Gasteiger charge is -2.44. The van der Waals surface area contributed by atoms with Crippen molar-refractivity contribution in [3.63, 3.8) is 0 Å². The van der Waals surface area contributed by atoms with Gasteiger partial charge in [-0.25, -0.2) is 18.0 Å². The number of nitrogens with one attached hydrogen (secondary N) is 1. The molecule has 44 heavy (non-hydrogen) atoms. The van der Waals surface area contributed by atoms with Crippen LogP contribution in [0.5, 0.6) is 0 Å². The highest BCUT2D eigenvalue weighted by Crippen LogP contribution is 2.51. The van der Waals surface area contributed by atoms with Crippen LogP contribution in [0, 0.1) is 0 Å². The smallest absolute Gasteiger partial charge is 0.341 e. The van der Waals surface area contributed by atoms with Gasteiger partial charge in [0.25, 0.3) is 0 Å².